The fourth-order valence-electron chi connectivity index (χ4n) is 2.07. The normalized spacial score (nSPS) is 9.92. The van der Waals surface area contributed by atoms with Gasteiger partial charge in [-0.3, -0.25) is 14.9 Å². The van der Waals surface area contributed by atoms with Crippen LogP contribution in [0.3, 0.4) is 0 Å². The number of nitrogens with one attached hydrogen (secondary N) is 1. The van der Waals surface area contributed by atoms with Gasteiger partial charge in [0.2, 0.25) is 0 Å². The minimum absolute atomic E-state index is 0.136. The average Bonchev–Trinajstić information content (AvgIpc) is 2.65. The quantitative estimate of drug-likeness (QED) is 0.458. The lowest BCUT2D eigenvalue weighted by Crippen LogP contribution is -2.21. The lowest BCUT2D eigenvalue weighted by atomic mass is 10.2. The molecule has 0 heterocycles. The van der Waals surface area contributed by atoms with E-state index in [9.17, 15) is 19.7 Å². The molecule has 0 aromatic heterocycles. The zero-order valence-electron chi connectivity index (χ0n) is 14.1. The van der Waals surface area contributed by atoms with E-state index in [2.05, 4.69) is 5.32 Å². The van der Waals surface area contributed by atoms with Crippen molar-refractivity contribution in [2.45, 2.75) is 0 Å². The van der Waals surface area contributed by atoms with Gasteiger partial charge in [0.15, 0.2) is 6.61 Å². The van der Waals surface area contributed by atoms with E-state index in [1.165, 1.54) is 50.6 Å². The summed E-state index contributed by atoms with van der Waals surface area (Å²) in [6.07, 6.45) is 0. The van der Waals surface area contributed by atoms with Gasteiger partial charge in [0.05, 0.1) is 19.1 Å². The second-order valence-electron chi connectivity index (χ2n) is 5.00. The van der Waals surface area contributed by atoms with E-state index in [4.69, 9.17) is 14.2 Å². The number of nitro groups is 1. The number of benzene rings is 2. The highest BCUT2D eigenvalue weighted by Crippen LogP contribution is 2.25. The molecular weight excluding hydrogens is 344 g/mol. The first kappa shape index (κ1) is 18.7. The highest BCUT2D eigenvalue weighted by Gasteiger charge is 2.16. The number of carbonyl (C=O) groups is 2. The molecule has 0 aliphatic rings. The lowest BCUT2D eigenvalue weighted by Gasteiger charge is -2.10. The number of carbonyl (C=O) groups excluding carboxylic acids is 2. The molecule has 0 saturated heterocycles. The molecule has 9 heteroatoms. The third-order valence-electron chi connectivity index (χ3n) is 3.30. The summed E-state index contributed by atoms with van der Waals surface area (Å²) in [5.41, 5.74) is 0.196. The van der Waals surface area contributed by atoms with Crippen LogP contribution in [0, 0.1) is 10.1 Å². The van der Waals surface area contributed by atoms with E-state index in [0.29, 0.717) is 5.75 Å². The Morgan fingerprint density at radius 2 is 1.88 bits per heavy atom. The fourth-order valence-corrected chi connectivity index (χ4v) is 2.07. The zero-order valence-corrected chi connectivity index (χ0v) is 14.1. The lowest BCUT2D eigenvalue weighted by molar-refractivity contribution is -0.384. The van der Waals surface area contributed by atoms with Gasteiger partial charge in [-0.05, 0) is 18.2 Å². The van der Waals surface area contributed by atoms with Gasteiger partial charge >= 0.3 is 5.97 Å². The van der Waals surface area contributed by atoms with Crippen molar-refractivity contribution in [3.63, 3.8) is 0 Å². The second-order valence-corrected chi connectivity index (χ2v) is 5.00. The van der Waals surface area contributed by atoms with Crippen LogP contribution in [-0.4, -0.2) is 37.6 Å². The molecule has 0 radical (unpaired) electrons. The van der Waals surface area contributed by atoms with E-state index in [-0.39, 0.29) is 22.7 Å². The van der Waals surface area contributed by atoms with Crippen molar-refractivity contribution in [3.8, 4) is 11.5 Å². The Bertz CT molecular complexity index is 836. The number of methoxy groups -OCH3 is 2. The van der Waals surface area contributed by atoms with Crippen molar-refractivity contribution < 1.29 is 28.7 Å². The summed E-state index contributed by atoms with van der Waals surface area (Å²) in [6.45, 7) is -0.559. The van der Waals surface area contributed by atoms with Crippen LogP contribution in [0.4, 0.5) is 11.4 Å². The number of hydrogen-bond acceptors (Lipinski definition) is 7. The van der Waals surface area contributed by atoms with Crippen LogP contribution in [0.15, 0.2) is 42.5 Å². The first-order valence-corrected chi connectivity index (χ1v) is 7.38. The van der Waals surface area contributed by atoms with E-state index in [1.54, 1.807) is 6.07 Å². The minimum atomic E-state index is -0.751. The van der Waals surface area contributed by atoms with Gasteiger partial charge < -0.3 is 19.5 Å². The largest absolute Gasteiger partial charge is 0.497 e. The molecule has 2 rings (SSSR count). The van der Waals surface area contributed by atoms with Crippen LogP contribution in [0.5, 0.6) is 11.5 Å². The maximum atomic E-state index is 12.1. The van der Waals surface area contributed by atoms with Crippen molar-refractivity contribution in [2.75, 3.05) is 26.1 Å². The molecule has 0 aliphatic carbocycles. The van der Waals surface area contributed by atoms with Crippen LogP contribution in [0.2, 0.25) is 0 Å². The van der Waals surface area contributed by atoms with Crippen LogP contribution >= 0.6 is 0 Å². The Balaban J connectivity index is 1.98. The summed E-state index contributed by atoms with van der Waals surface area (Å²) < 4.78 is 15.1. The monoisotopic (exact) mass is 360 g/mol. The first-order chi connectivity index (χ1) is 12.4. The molecule has 2 aromatic carbocycles. The van der Waals surface area contributed by atoms with Gasteiger partial charge in [-0.15, -0.1) is 0 Å². The Labute approximate surface area is 148 Å². The number of anilines is 1. The van der Waals surface area contributed by atoms with E-state index < -0.39 is 23.4 Å². The third kappa shape index (κ3) is 4.69. The number of non-ortho nitro benzene ring substituents is 1. The molecule has 9 nitrogen and oxygen atoms in total. The smallest absolute Gasteiger partial charge is 0.342 e. The summed E-state index contributed by atoms with van der Waals surface area (Å²) in [7, 11) is 2.87. The van der Waals surface area contributed by atoms with E-state index in [1.807, 2.05) is 0 Å². The number of esters is 1. The molecule has 0 fully saturated rings. The predicted molar refractivity (Wildman–Crippen MR) is 91.6 cm³/mol. The van der Waals surface area contributed by atoms with Crippen LogP contribution in [-0.2, 0) is 9.53 Å². The predicted octanol–water partition coefficient (Wildman–Crippen LogP) is 2.41. The van der Waals surface area contributed by atoms with Gasteiger partial charge in [0.1, 0.15) is 17.1 Å². The van der Waals surface area contributed by atoms with Crippen LogP contribution < -0.4 is 14.8 Å². The van der Waals surface area contributed by atoms with Crippen LogP contribution in [0.1, 0.15) is 10.4 Å². The Morgan fingerprint density at radius 1 is 1.12 bits per heavy atom. The van der Waals surface area contributed by atoms with E-state index in [0.717, 1.165) is 0 Å². The van der Waals surface area contributed by atoms with Crippen molar-refractivity contribution in [2.24, 2.45) is 0 Å². The second kappa shape index (κ2) is 8.47. The summed E-state index contributed by atoms with van der Waals surface area (Å²) in [5, 5.41) is 13.1. The molecule has 1 amide bonds. The number of hydrogen-bond donors (Lipinski definition) is 1. The summed E-state index contributed by atoms with van der Waals surface area (Å²) in [6, 6.07) is 9.94. The molecule has 0 bridgehead atoms. The molecule has 136 valence electrons. The highest BCUT2D eigenvalue weighted by atomic mass is 16.6. The number of nitrogens with zero attached hydrogens (tertiary/aromatic N) is 1. The Kier molecular flexibility index (Phi) is 6.10. The van der Waals surface area contributed by atoms with E-state index >= 15 is 0 Å². The highest BCUT2D eigenvalue weighted by molar-refractivity contribution is 5.97. The first-order valence-electron chi connectivity index (χ1n) is 7.38. The van der Waals surface area contributed by atoms with Crippen molar-refractivity contribution >= 4 is 23.3 Å². The molecule has 0 unspecified atom stereocenters. The molecule has 26 heavy (non-hydrogen) atoms. The summed E-state index contributed by atoms with van der Waals surface area (Å²) in [5.74, 6) is -0.639. The molecule has 2 aromatic rings. The molecule has 1 N–H and O–H groups in total. The van der Waals surface area contributed by atoms with Crippen molar-refractivity contribution in [1.82, 2.24) is 0 Å². The molecule has 0 spiro atoms. The SMILES string of the molecule is COc1ccc(C(=O)OCC(=O)Nc2cccc([N+](=O)[O-])c2)c(OC)c1. The Hall–Kier alpha value is -3.62. The van der Waals surface area contributed by atoms with Crippen LogP contribution in [0.25, 0.3) is 0 Å². The maximum absolute atomic E-state index is 12.1. The van der Waals surface area contributed by atoms with Gasteiger partial charge in [0.25, 0.3) is 11.6 Å². The summed E-state index contributed by atoms with van der Waals surface area (Å²) >= 11 is 0. The molecule has 0 aliphatic heterocycles. The number of rotatable bonds is 7. The topological polar surface area (TPSA) is 117 Å². The average molecular weight is 360 g/mol. The van der Waals surface area contributed by atoms with Crippen molar-refractivity contribution in [1.29, 1.82) is 0 Å². The number of nitro benzene ring substituents is 1. The third-order valence-corrected chi connectivity index (χ3v) is 3.30. The maximum Gasteiger partial charge on any atom is 0.342 e. The van der Waals surface area contributed by atoms with Gasteiger partial charge in [-0.25, -0.2) is 4.79 Å². The standard InChI is InChI=1S/C17H16N2O7/c1-24-13-6-7-14(15(9-13)25-2)17(21)26-10-16(20)18-11-4-3-5-12(8-11)19(22)23/h3-9H,10H2,1-2H3,(H,18,20). The number of ether oxygens (including phenoxy) is 3. The molecule has 0 atom stereocenters. The fraction of sp³-hybridized carbons (Fsp3) is 0.176. The molecular formula is C17H16N2O7. The summed E-state index contributed by atoms with van der Waals surface area (Å²) in [4.78, 5) is 34.1. The van der Waals surface area contributed by atoms with Crippen molar-refractivity contribution in [3.05, 3.63) is 58.1 Å². The molecule has 0 saturated carbocycles. The Morgan fingerprint density at radius 3 is 2.54 bits per heavy atom. The minimum Gasteiger partial charge on any atom is -0.497 e. The van der Waals surface area contributed by atoms with Gasteiger partial charge in [0, 0.05) is 23.9 Å². The number of amides is 1. The zero-order chi connectivity index (χ0) is 19.1. The van der Waals surface area contributed by atoms with Gasteiger partial charge in [-0.2, -0.15) is 0 Å². The van der Waals surface area contributed by atoms with Gasteiger partial charge in [-0.1, -0.05) is 6.07 Å².